The van der Waals surface area contributed by atoms with Crippen LogP contribution in [0.3, 0.4) is 0 Å². The highest BCUT2D eigenvalue weighted by Crippen LogP contribution is 2.39. The first-order valence-electron chi connectivity index (χ1n) is 12.6. The van der Waals surface area contributed by atoms with E-state index in [0.29, 0.717) is 38.9 Å². The fourth-order valence-corrected chi connectivity index (χ4v) is 6.03. The maximum atomic E-state index is 12.0. The lowest BCUT2D eigenvalue weighted by atomic mass is 10.1. The van der Waals surface area contributed by atoms with Crippen molar-refractivity contribution in [1.82, 2.24) is 0 Å². The smallest absolute Gasteiger partial charge is 0.295 e. The van der Waals surface area contributed by atoms with Crippen LogP contribution in [-0.4, -0.2) is 25.9 Å². The molecule has 0 radical (unpaired) electrons. The molecule has 0 aliphatic rings. The van der Waals surface area contributed by atoms with E-state index >= 15 is 0 Å². The molecule has 13 heteroatoms. The Hall–Kier alpha value is -5.08. The number of nitrogens with two attached hydrogens (primary N) is 1. The van der Waals surface area contributed by atoms with Gasteiger partial charge in [0.2, 0.25) is 0 Å². The molecule has 0 aliphatic carbocycles. The highest BCUT2D eigenvalue weighted by atomic mass is 32.2. The highest BCUT2D eigenvalue weighted by molar-refractivity contribution is 7.86. The van der Waals surface area contributed by atoms with Gasteiger partial charge in [-0.3, -0.25) is 9.11 Å². The van der Waals surface area contributed by atoms with E-state index in [1.54, 1.807) is 42.5 Å². The van der Waals surface area contributed by atoms with Gasteiger partial charge >= 0.3 is 0 Å². The van der Waals surface area contributed by atoms with Crippen LogP contribution in [0, 0.1) is 0 Å². The molecule has 43 heavy (non-hydrogen) atoms. The summed E-state index contributed by atoms with van der Waals surface area (Å²) < 4.78 is 67.0. The van der Waals surface area contributed by atoms with Gasteiger partial charge < -0.3 is 5.73 Å². The van der Waals surface area contributed by atoms with Crippen LogP contribution in [0.25, 0.3) is 32.3 Å². The van der Waals surface area contributed by atoms with Crippen LogP contribution < -0.4 is 5.73 Å². The predicted molar refractivity (Wildman–Crippen MR) is 164 cm³/mol. The van der Waals surface area contributed by atoms with E-state index in [0.717, 1.165) is 10.8 Å². The largest absolute Gasteiger partial charge is 0.398 e. The first-order chi connectivity index (χ1) is 20.5. The number of rotatable bonds is 6. The van der Waals surface area contributed by atoms with Gasteiger partial charge in [0.25, 0.3) is 20.2 Å². The van der Waals surface area contributed by atoms with E-state index in [4.69, 9.17) is 5.73 Å². The fourth-order valence-electron chi connectivity index (χ4n) is 4.82. The summed E-state index contributed by atoms with van der Waals surface area (Å²) in [5, 5.41) is 20.6. The second-order valence-corrected chi connectivity index (χ2v) is 12.3. The van der Waals surface area contributed by atoms with Crippen molar-refractivity contribution in [3.63, 3.8) is 0 Å². The zero-order valence-corrected chi connectivity index (χ0v) is 23.7. The third-order valence-electron chi connectivity index (χ3n) is 6.84. The quantitative estimate of drug-likeness (QED) is 0.0965. The first-order valence-corrected chi connectivity index (χ1v) is 15.5. The van der Waals surface area contributed by atoms with Crippen molar-refractivity contribution >= 4 is 81.0 Å². The van der Waals surface area contributed by atoms with Crippen molar-refractivity contribution in [3.05, 3.63) is 103 Å². The Labute approximate surface area is 245 Å². The molecule has 0 fully saturated rings. The lowest BCUT2D eigenvalue weighted by Crippen LogP contribution is -1.98. The Morgan fingerprint density at radius 1 is 0.465 bits per heavy atom. The van der Waals surface area contributed by atoms with E-state index < -0.39 is 20.2 Å². The van der Waals surface area contributed by atoms with E-state index in [1.165, 1.54) is 36.4 Å². The van der Waals surface area contributed by atoms with Gasteiger partial charge in [0, 0.05) is 38.0 Å². The van der Waals surface area contributed by atoms with Crippen molar-refractivity contribution in [2.24, 2.45) is 20.5 Å². The van der Waals surface area contributed by atoms with Gasteiger partial charge in [0.1, 0.15) is 4.90 Å². The molecular formula is C30H21N5O6S2. The minimum atomic E-state index is -4.54. The first kappa shape index (κ1) is 28.1. The van der Waals surface area contributed by atoms with Crippen molar-refractivity contribution in [2.45, 2.75) is 9.79 Å². The summed E-state index contributed by atoms with van der Waals surface area (Å²) in [4.78, 5) is -0.619. The molecule has 0 spiro atoms. The van der Waals surface area contributed by atoms with Gasteiger partial charge in [0.15, 0.2) is 0 Å². The Kier molecular flexibility index (Phi) is 6.94. The summed E-state index contributed by atoms with van der Waals surface area (Å²) >= 11 is 0. The molecule has 4 N–H and O–H groups in total. The summed E-state index contributed by atoms with van der Waals surface area (Å²) in [6, 6.07) is 27.3. The third-order valence-corrected chi connectivity index (χ3v) is 8.60. The Bertz CT molecular complexity index is 2370. The maximum Gasteiger partial charge on any atom is 0.295 e. The number of benzene rings is 6. The van der Waals surface area contributed by atoms with Gasteiger partial charge in [-0.05, 0) is 48.5 Å². The SMILES string of the molecule is Nc1ccc(N=Nc2ccc(N=Nc3cccc4c(S(=O)(=O)O)cccc34)c3cc(S(=O)(=O)O)ccc23)c2ccccc12. The van der Waals surface area contributed by atoms with Crippen LogP contribution >= 0.6 is 0 Å². The normalized spacial score (nSPS) is 12.7. The topological polar surface area (TPSA) is 184 Å². The summed E-state index contributed by atoms with van der Waals surface area (Å²) in [7, 11) is -9.03. The van der Waals surface area contributed by atoms with E-state index in [1.807, 2.05) is 24.3 Å². The van der Waals surface area contributed by atoms with Crippen LogP contribution in [0.15, 0.2) is 133 Å². The van der Waals surface area contributed by atoms with Gasteiger partial charge in [-0.2, -0.15) is 16.8 Å². The molecule has 6 aromatic carbocycles. The van der Waals surface area contributed by atoms with Crippen molar-refractivity contribution in [2.75, 3.05) is 5.73 Å². The molecule has 11 nitrogen and oxygen atoms in total. The van der Waals surface area contributed by atoms with Crippen LogP contribution in [0.2, 0.25) is 0 Å². The minimum Gasteiger partial charge on any atom is -0.398 e. The number of fused-ring (bicyclic) bond motifs is 3. The van der Waals surface area contributed by atoms with Crippen LogP contribution in [0.5, 0.6) is 0 Å². The highest BCUT2D eigenvalue weighted by Gasteiger charge is 2.16. The monoisotopic (exact) mass is 611 g/mol. The lowest BCUT2D eigenvalue weighted by Gasteiger charge is -2.08. The van der Waals surface area contributed by atoms with Gasteiger partial charge in [-0.1, -0.05) is 54.6 Å². The zero-order chi connectivity index (χ0) is 30.4. The average Bonchev–Trinajstić information content (AvgIpc) is 2.98. The van der Waals surface area contributed by atoms with Crippen LogP contribution in [0.1, 0.15) is 0 Å². The van der Waals surface area contributed by atoms with Crippen LogP contribution in [-0.2, 0) is 20.2 Å². The third kappa shape index (κ3) is 5.45. The number of nitrogens with zero attached hydrogens (tertiary/aromatic N) is 4. The number of nitrogen functional groups attached to an aromatic ring is 1. The zero-order valence-electron chi connectivity index (χ0n) is 22.0. The molecule has 0 aliphatic heterocycles. The Morgan fingerprint density at radius 3 is 1.60 bits per heavy atom. The van der Waals surface area contributed by atoms with Crippen molar-refractivity contribution in [3.8, 4) is 0 Å². The van der Waals surface area contributed by atoms with Gasteiger partial charge in [-0.15, -0.1) is 20.5 Å². The van der Waals surface area contributed by atoms with Gasteiger partial charge in [0.05, 0.1) is 27.6 Å². The number of azo groups is 2. The molecule has 214 valence electrons. The van der Waals surface area contributed by atoms with E-state index in [2.05, 4.69) is 20.5 Å². The van der Waals surface area contributed by atoms with Crippen molar-refractivity contribution in [1.29, 1.82) is 0 Å². The molecule has 0 unspecified atom stereocenters. The van der Waals surface area contributed by atoms with Crippen molar-refractivity contribution < 1.29 is 25.9 Å². The van der Waals surface area contributed by atoms with Crippen LogP contribution in [0.4, 0.5) is 28.4 Å². The summed E-state index contributed by atoms with van der Waals surface area (Å²) in [6.45, 7) is 0. The summed E-state index contributed by atoms with van der Waals surface area (Å²) in [5.41, 5.74) is 8.25. The summed E-state index contributed by atoms with van der Waals surface area (Å²) in [6.07, 6.45) is 0. The predicted octanol–water partition coefficient (Wildman–Crippen LogP) is 8.05. The Balaban J connectivity index is 1.48. The second-order valence-electron chi connectivity index (χ2n) is 9.51. The standard InChI is InChI=1S/C30H21N5O6S2/c31-25-13-14-27(20-6-2-1-5-19(20)25)33-34-28-15-16-29(24-17-18(42(36,37)38)11-12-22(24)28)35-32-26-9-3-8-23-21(26)7-4-10-30(23)43(39,40)41/h1-17H,31H2,(H,36,37,38)(H,39,40,41). The molecule has 0 heterocycles. The number of hydrogen-bond donors (Lipinski definition) is 3. The second kappa shape index (κ2) is 10.6. The lowest BCUT2D eigenvalue weighted by molar-refractivity contribution is 0.481. The minimum absolute atomic E-state index is 0.250. The molecule has 0 bridgehead atoms. The fraction of sp³-hybridized carbons (Fsp3) is 0. The van der Waals surface area contributed by atoms with E-state index in [9.17, 15) is 25.9 Å². The van der Waals surface area contributed by atoms with E-state index in [-0.39, 0.29) is 20.9 Å². The maximum absolute atomic E-state index is 12.0. The Morgan fingerprint density at radius 2 is 0.953 bits per heavy atom. The summed E-state index contributed by atoms with van der Waals surface area (Å²) in [5.74, 6) is 0. The number of anilines is 1. The molecule has 0 saturated heterocycles. The molecular weight excluding hydrogens is 590 g/mol. The molecule has 0 amide bonds. The number of hydrogen-bond acceptors (Lipinski definition) is 9. The van der Waals surface area contributed by atoms with Gasteiger partial charge in [-0.25, -0.2) is 0 Å². The molecule has 6 rings (SSSR count). The molecule has 0 saturated carbocycles. The average molecular weight is 612 g/mol. The molecule has 0 atom stereocenters. The molecule has 6 aromatic rings. The molecule has 0 aromatic heterocycles.